The molecule has 0 aliphatic carbocycles. The third kappa shape index (κ3) is 1.40. The second-order valence-electron chi connectivity index (χ2n) is 3.25. The predicted octanol–water partition coefficient (Wildman–Crippen LogP) is 1.28. The van der Waals surface area contributed by atoms with Gasteiger partial charge in [0.25, 0.3) is 0 Å². The largest absolute Gasteiger partial charge is 0.375 e. The van der Waals surface area contributed by atoms with Gasteiger partial charge in [0.1, 0.15) is 0 Å². The standard InChI is InChI=1S/C9H13NOS/c1-11-9(6-10-7-9)5-8-3-2-4-12-8/h2-4,10H,5-7H2,1H3. The van der Waals surface area contributed by atoms with E-state index in [4.69, 9.17) is 4.74 Å². The summed E-state index contributed by atoms with van der Waals surface area (Å²) in [5, 5.41) is 5.36. The van der Waals surface area contributed by atoms with Gasteiger partial charge in [-0.15, -0.1) is 11.3 Å². The Labute approximate surface area is 76.6 Å². The Hall–Kier alpha value is -0.380. The maximum absolute atomic E-state index is 5.49. The van der Waals surface area contributed by atoms with Gasteiger partial charge in [0.05, 0.1) is 5.60 Å². The molecule has 1 aliphatic rings. The summed E-state index contributed by atoms with van der Waals surface area (Å²) in [6.07, 6.45) is 1.05. The van der Waals surface area contributed by atoms with Gasteiger partial charge in [-0.2, -0.15) is 0 Å². The van der Waals surface area contributed by atoms with E-state index in [1.807, 2.05) is 0 Å². The van der Waals surface area contributed by atoms with E-state index in [9.17, 15) is 0 Å². The third-order valence-corrected chi connectivity index (χ3v) is 3.28. The predicted molar refractivity (Wildman–Crippen MR) is 50.6 cm³/mol. The zero-order valence-electron chi connectivity index (χ0n) is 7.17. The van der Waals surface area contributed by atoms with Gasteiger partial charge in [-0.1, -0.05) is 6.07 Å². The molecule has 12 heavy (non-hydrogen) atoms. The molecule has 0 unspecified atom stereocenters. The summed E-state index contributed by atoms with van der Waals surface area (Å²) in [5.74, 6) is 0. The third-order valence-electron chi connectivity index (χ3n) is 2.40. The molecule has 2 nitrogen and oxygen atoms in total. The molecule has 1 N–H and O–H groups in total. The van der Waals surface area contributed by atoms with Crippen LogP contribution in [0.15, 0.2) is 17.5 Å². The first-order valence-electron chi connectivity index (χ1n) is 4.13. The lowest BCUT2D eigenvalue weighted by Gasteiger charge is -2.41. The zero-order chi connectivity index (χ0) is 8.44. The first-order valence-corrected chi connectivity index (χ1v) is 5.01. The van der Waals surface area contributed by atoms with E-state index >= 15 is 0 Å². The highest BCUT2D eigenvalue weighted by Crippen LogP contribution is 2.23. The zero-order valence-corrected chi connectivity index (χ0v) is 7.99. The Morgan fingerprint density at radius 3 is 2.92 bits per heavy atom. The van der Waals surface area contributed by atoms with E-state index in [1.165, 1.54) is 4.88 Å². The number of nitrogens with one attached hydrogen (secondary N) is 1. The molecule has 0 saturated carbocycles. The minimum atomic E-state index is 0.0881. The van der Waals surface area contributed by atoms with Gasteiger partial charge in [0.15, 0.2) is 0 Å². The van der Waals surface area contributed by atoms with E-state index < -0.39 is 0 Å². The molecule has 1 fully saturated rings. The summed E-state index contributed by atoms with van der Waals surface area (Å²) in [6, 6.07) is 4.26. The maximum Gasteiger partial charge on any atom is 0.0973 e. The van der Waals surface area contributed by atoms with Crippen LogP contribution in [0.3, 0.4) is 0 Å². The lowest BCUT2D eigenvalue weighted by atomic mass is 9.92. The van der Waals surface area contributed by atoms with E-state index in [0.29, 0.717) is 0 Å². The monoisotopic (exact) mass is 183 g/mol. The van der Waals surface area contributed by atoms with Crippen LogP contribution < -0.4 is 5.32 Å². The highest BCUT2D eigenvalue weighted by Gasteiger charge is 2.37. The van der Waals surface area contributed by atoms with Crippen molar-refractivity contribution in [3.8, 4) is 0 Å². The minimum Gasteiger partial charge on any atom is -0.375 e. The molecular formula is C9H13NOS. The van der Waals surface area contributed by atoms with Crippen LogP contribution in [-0.2, 0) is 11.2 Å². The quantitative estimate of drug-likeness (QED) is 0.762. The van der Waals surface area contributed by atoms with Crippen LogP contribution in [0.25, 0.3) is 0 Å². The number of ether oxygens (including phenoxy) is 1. The Kier molecular flexibility index (Phi) is 2.17. The molecule has 0 spiro atoms. The molecule has 2 heterocycles. The second-order valence-corrected chi connectivity index (χ2v) is 4.28. The van der Waals surface area contributed by atoms with Crippen LogP contribution >= 0.6 is 11.3 Å². The van der Waals surface area contributed by atoms with E-state index in [0.717, 1.165) is 19.5 Å². The van der Waals surface area contributed by atoms with Crippen LogP contribution in [0.5, 0.6) is 0 Å². The first-order chi connectivity index (χ1) is 5.85. The van der Waals surface area contributed by atoms with Crippen molar-refractivity contribution in [2.75, 3.05) is 20.2 Å². The van der Waals surface area contributed by atoms with E-state index in [-0.39, 0.29) is 5.60 Å². The van der Waals surface area contributed by atoms with Gasteiger partial charge in [0, 0.05) is 31.5 Å². The summed E-state index contributed by atoms with van der Waals surface area (Å²) >= 11 is 1.81. The summed E-state index contributed by atoms with van der Waals surface area (Å²) < 4.78 is 5.49. The normalized spacial score (nSPS) is 20.4. The average Bonchev–Trinajstić information content (AvgIpc) is 2.49. The van der Waals surface area contributed by atoms with Crippen molar-refractivity contribution in [3.05, 3.63) is 22.4 Å². The van der Waals surface area contributed by atoms with Gasteiger partial charge in [-0.05, 0) is 11.4 Å². The van der Waals surface area contributed by atoms with Gasteiger partial charge in [0.2, 0.25) is 0 Å². The fourth-order valence-electron chi connectivity index (χ4n) is 1.48. The highest BCUT2D eigenvalue weighted by atomic mass is 32.1. The topological polar surface area (TPSA) is 21.3 Å². The fourth-order valence-corrected chi connectivity index (χ4v) is 2.31. The van der Waals surface area contributed by atoms with Crippen molar-refractivity contribution >= 4 is 11.3 Å². The number of rotatable bonds is 3. The van der Waals surface area contributed by atoms with Crippen LogP contribution in [0.4, 0.5) is 0 Å². The number of hydrogen-bond donors (Lipinski definition) is 1. The molecular weight excluding hydrogens is 170 g/mol. The number of hydrogen-bond acceptors (Lipinski definition) is 3. The van der Waals surface area contributed by atoms with Crippen LogP contribution in [0, 0.1) is 0 Å². The second kappa shape index (κ2) is 3.17. The molecule has 1 aliphatic heterocycles. The van der Waals surface area contributed by atoms with Gasteiger partial charge in [-0.3, -0.25) is 0 Å². The van der Waals surface area contributed by atoms with E-state index in [2.05, 4.69) is 22.8 Å². The summed E-state index contributed by atoms with van der Waals surface area (Å²) in [4.78, 5) is 1.42. The van der Waals surface area contributed by atoms with Crippen molar-refractivity contribution in [3.63, 3.8) is 0 Å². The Morgan fingerprint density at radius 1 is 1.67 bits per heavy atom. The molecule has 66 valence electrons. The highest BCUT2D eigenvalue weighted by molar-refractivity contribution is 7.09. The molecule has 2 rings (SSSR count). The molecule has 3 heteroatoms. The Balaban J connectivity index is 2.01. The van der Waals surface area contributed by atoms with Gasteiger partial charge < -0.3 is 10.1 Å². The lowest BCUT2D eigenvalue weighted by Crippen LogP contribution is -2.61. The van der Waals surface area contributed by atoms with Crippen LogP contribution in [-0.4, -0.2) is 25.8 Å². The van der Waals surface area contributed by atoms with Crippen molar-refractivity contribution in [2.45, 2.75) is 12.0 Å². The molecule has 0 radical (unpaired) electrons. The summed E-state index contributed by atoms with van der Waals surface area (Å²) in [7, 11) is 1.80. The maximum atomic E-state index is 5.49. The smallest absolute Gasteiger partial charge is 0.0973 e. The SMILES string of the molecule is COC1(Cc2cccs2)CNC1. The molecule has 1 aromatic rings. The van der Waals surface area contributed by atoms with Gasteiger partial charge in [-0.25, -0.2) is 0 Å². The average molecular weight is 183 g/mol. The molecule has 1 saturated heterocycles. The molecule has 0 aromatic carbocycles. The molecule has 0 amide bonds. The van der Waals surface area contributed by atoms with Gasteiger partial charge >= 0.3 is 0 Å². The van der Waals surface area contributed by atoms with Crippen molar-refractivity contribution < 1.29 is 4.74 Å². The lowest BCUT2D eigenvalue weighted by molar-refractivity contribution is -0.0496. The summed E-state index contributed by atoms with van der Waals surface area (Å²) in [5.41, 5.74) is 0.0881. The number of methoxy groups -OCH3 is 1. The minimum absolute atomic E-state index is 0.0881. The molecule has 0 atom stereocenters. The van der Waals surface area contributed by atoms with Crippen LogP contribution in [0.1, 0.15) is 4.88 Å². The van der Waals surface area contributed by atoms with Crippen molar-refractivity contribution in [2.24, 2.45) is 0 Å². The molecule has 1 aromatic heterocycles. The first kappa shape index (κ1) is 8.23. The Bertz CT molecular complexity index is 236. The van der Waals surface area contributed by atoms with Crippen LogP contribution in [0.2, 0.25) is 0 Å². The number of thiophene rings is 1. The van der Waals surface area contributed by atoms with Crippen molar-refractivity contribution in [1.29, 1.82) is 0 Å². The van der Waals surface area contributed by atoms with E-state index in [1.54, 1.807) is 18.4 Å². The summed E-state index contributed by atoms with van der Waals surface area (Å²) in [6.45, 7) is 1.98. The fraction of sp³-hybridized carbons (Fsp3) is 0.556. The Morgan fingerprint density at radius 2 is 2.50 bits per heavy atom. The molecule has 0 bridgehead atoms. The van der Waals surface area contributed by atoms with Crippen molar-refractivity contribution in [1.82, 2.24) is 5.32 Å².